The molecule has 0 atom stereocenters. The van der Waals surface area contributed by atoms with Gasteiger partial charge in [0.25, 0.3) is 0 Å². The van der Waals surface area contributed by atoms with E-state index in [0.717, 1.165) is 38.4 Å². The molecule has 0 saturated carbocycles. The van der Waals surface area contributed by atoms with Crippen LogP contribution in [0.25, 0.3) is 0 Å². The van der Waals surface area contributed by atoms with E-state index < -0.39 is 13.6 Å². The van der Waals surface area contributed by atoms with Gasteiger partial charge in [0.05, 0.1) is 19.8 Å². The van der Waals surface area contributed by atoms with Gasteiger partial charge in [-0.05, 0) is 26.7 Å². The second-order valence-corrected chi connectivity index (χ2v) is 8.37. The number of hydrogen-bond acceptors (Lipinski definition) is 6. The Morgan fingerprint density at radius 1 is 0.808 bits per heavy atom. The first kappa shape index (κ1) is 25.3. The molecular weight excluding hydrogens is 355 g/mol. The fourth-order valence-corrected chi connectivity index (χ4v) is 4.11. The highest BCUT2D eigenvalue weighted by Gasteiger charge is 2.28. The molecule has 0 aliphatic heterocycles. The van der Waals surface area contributed by atoms with Crippen LogP contribution in [0.1, 0.15) is 84.5 Å². The second kappa shape index (κ2) is 17.7. The van der Waals surface area contributed by atoms with Gasteiger partial charge in [-0.2, -0.15) is 0 Å². The third-order valence-corrected chi connectivity index (χ3v) is 5.90. The normalized spacial score (nSPS) is 11.5. The molecule has 0 unspecified atom stereocenters. The van der Waals surface area contributed by atoms with Gasteiger partial charge in [-0.15, -0.1) is 0 Å². The minimum absolute atomic E-state index is 0.239. The van der Waals surface area contributed by atoms with E-state index in [2.05, 4.69) is 0 Å². The highest BCUT2D eigenvalue weighted by Crippen LogP contribution is 2.47. The minimum Gasteiger partial charge on any atom is -0.465 e. The lowest BCUT2D eigenvalue weighted by atomic mass is 10.1. The fourth-order valence-electron chi connectivity index (χ4n) is 2.66. The summed E-state index contributed by atoms with van der Waals surface area (Å²) in [5.41, 5.74) is 0. The minimum atomic E-state index is -3.35. The summed E-state index contributed by atoms with van der Waals surface area (Å²) < 4.78 is 27.5. The molecule has 0 aromatic rings. The number of carbonyl (C=O) groups is 2. The van der Waals surface area contributed by atoms with Crippen molar-refractivity contribution in [3.05, 3.63) is 0 Å². The molecule has 0 radical (unpaired) electrons. The van der Waals surface area contributed by atoms with Gasteiger partial charge in [0.2, 0.25) is 0 Å². The molecule has 0 aromatic carbocycles. The average Bonchev–Trinajstić information content (AvgIpc) is 2.59. The Labute approximate surface area is 158 Å². The van der Waals surface area contributed by atoms with E-state index in [0.29, 0.717) is 13.0 Å². The number of carbonyl (C=O) groups excluding carboxylic acids is 2. The molecular formula is C19H37O6P. The van der Waals surface area contributed by atoms with Gasteiger partial charge in [-0.25, -0.2) is 0 Å². The van der Waals surface area contributed by atoms with E-state index in [1.165, 1.54) is 32.1 Å². The topological polar surface area (TPSA) is 78.9 Å². The zero-order chi connectivity index (χ0) is 19.5. The molecule has 0 fully saturated rings. The third-order valence-electron chi connectivity index (χ3n) is 3.95. The van der Waals surface area contributed by atoms with Crippen LogP contribution in [0.4, 0.5) is 0 Å². The smallest absolute Gasteiger partial charge is 0.341 e. The molecule has 26 heavy (non-hydrogen) atoms. The van der Waals surface area contributed by atoms with Gasteiger partial charge >= 0.3 is 13.6 Å². The van der Waals surface area contributed by atoms with Crippen molar-refractivity contribution in [1.29, 1.82) is 0 Å². The maximum Gasteiger partial charge on any atom is 0.341 e. The van der Waals surface area contributed by atoms with Crippen LogP contribution in [-0.2, 0) is 27.9 Å². The van der Waals surface area contributed by atoms with Gasteiger partial charge < -0.3 is 18.6 Å². The molecule has 0 aliphatic rings. The van der Waals surface area contributed by atoms with Crippen molar-refractivity contribution in [3.63, 3.8) is 0 Å². The first-order valence-corrected chi connectivity index (χ1v) is 11.8. The lowest BCUT2D eigenvalue weighted by Crippen LogP contribution is -2.14. The van der Waals surface area contributed by atoms with Crippen LogP contribution in [0.2, 0.25) is 0 Å². The zero-order valence-electron chi connectivity index (χ0n) is 16.6. The van der Waals surface area contributed by atoms with Crippen molar-refractivity contribution >= 4 is 19.9 Å². The van der Waals surface area contributed by atoms with Gasteiger partial charge in [-0.3, -0.25) is 9.36 Å². The van der Waals surface area contributed by atoms with Crippen molar-refractivity contribution in [2.24, 2.45) is 0 Å². The number of ether oxygens (including phenoxy) is 1. The van der Waals surface area contributed by atoms with E-state index in [-0.39, 0.29) is 19.4 Å². The summed E-state index contributed by atoms with van der Waals surface area (Å²) in [5.74, 6) is -0.523. The lowest BCUT2D eigenvalue weighted by molar-refractivity contribution is -0.141. The Kier molecular flexibility index (Phi) is 17.2. The molecule has 6 nitrogen and oxygen atoms in total. The maximum atomic E-state index is 12.2. The molecule has 0 heterocycles. The van der Waals surface area contributed by atoms with Crippen molar-refractivity contribution in [2.75, 3.05) is 26.0 Å². The SMILES string of the molecule is CCOP(=O)(CC(=O)OCCCCCCCCCCCCC=O)OCC. The standard InChI is InChI=1S/C19H37O6P/c1-3-24-26(22,25-4-2)18-19(21)23-17-15-13-11-9-7-5-6-8-10-12-14-16-20/h16H,3-15,17-18H2,1-2H3. The van der Waals surface area contributed by atoms with Gasteiger partial charge in [0, 0.05) is 6.42 Å². The Balaban J connectivity index is 3.50. The monoisotopic (exact) mass is 392 g/mol. The molecule has 0 aliphatic carbocycles. The number of unbranched alkanes of at least 4 members (excludes halogenated alkanes) is 10. The molecule has 0 aromatic heterocycles. The lowest BCUT2D eigenvalue weighted by Gasteiger charge is -2.16. The zero-order valence-corrected chi connectivity index (χ0v) is 17.5. The van der Waals surface area contributed by atoms with Crippen molar-refractivity contribution in [2.45, 2.75) is 84.5 Å². The van der Waals surface area contributed by atoms with E-state index in [4.69, 9.17) is 13.8 Å². The largest absolute Gasteiger partial charge is 0.465 e. The van der Waals surface area contributed by atoms with Gasteiger partial charge in [0.15, 0.2) is 0 Å². The predicted octanol–water partition coefficient (Wildman–Crippen LogP) is 5.29. The molecule has 0 saturated heterocycles. The summed E-state index contributed by atoms with van der Waals surface area (Å²) in [5, 5.41) is 0. The van der Waals surface area contributed by atoms with Crippen LogP contribution < -0.4 is 0 Å². The second-order valence-electron chi connectivity index (χ2n) is 6.32. The highest BCUT2D eigenvalue weighted by atomic mass is 31.2. The van der Waals surface area contributed by atoms with Crippen LogP contribution in [0.5, 0.6) is 0 Å². The summed E-state index contributed by atoms with van der Waals surface area (Å²) in [6.45, 7) is 4.26. The van der Waals surface area contributed by atoms with Crippen molar-refractivity contribution in [1.82, 2.24) is 0 Å². The summed E-state index contributed by atoms with van der Waals surface area (Å²) in [6, 6.07) is 0. The number of hydrogen-bond donors (Lipinski definition) is 0. The van der Waals surface area contributed by atoms with Crippen LogP contribution in [0, 0.1) is 0 Å². The van der Waals surface area contributed by atoms with E-state index in [9.17, 15) is 14.2 Å². The molecule has 0 amide bonds. The molecule has 7 heteroatoms. The summed E-state index contributed by atoms with van der Waals surface area (Å²) in [6.07, 6.45) is 12.7. The van der Waals surface area contributed by atoms with E-state index in [1.54, 1.807) is 13.8 Å². The molecule has 0 bridgehead atoms. The summed E-state index contributed by atoms with van der Waals surface area (Å²) >= 11 is 0. The summed E-state index contributed by atoms with van der Waals surface area (Å²) in [4.78, 5) is 21.9. The first-order valence-electron chi connectivity index (χ1n) is 10.0. The van der Waals surface area contributed by atoms with Gasteiger partial charge in [0.1, 0.15) is 12.4 Å². The molecule has 0 N–H and O–H groups in total. The molecule has 0 spiro atoms. The summed E-state index contributed by atoms with van der Waals surface area (Å²) in [7, 11) is -3.35. The van der Waals surface area contributed by atoms with Crippen molar-refractivity contribution < 1.29 is 27.9 Å². The Bertz CT molecular complexity index is 389. The fraction of sp³-hybridized carbons (Fsp3) is 0.895. The first-order chi connectivity index (χ1) is 12.6. The van der Waals surface area contributed by atoms with Crippen LogP contribution in [-0.4, -0.2) is 38.2 Å². The van der Waals surface area contributed by atoms with Crippen LogP contribution in [0.15, 0.2) is 0 Å². The molecule has 154 valence electrons. The van der Waals surface area contributed by atoms with E-state index >= 15 is 0 Å². The Morgan fingerprint density at radius 3 is 1.73 bits per heavy atom. The van der Waals surface area contributed by atoms with E-state index in [1.807, 2.05) is 0 Å². The number of aldehydes is 1. The quantitative estimate of drug-likeness (QED) is 0.129. The number of rotatable bonds is 19. The average molecular weight is 392 g/mol. The molecule has 0 rings (SSSR count). The van der Waals surface area contributed by atoms with Gasteiger partial charge in [-0.1, -0.05) is 51.4 Å². The third kappa shape index (κ3) is 15.5. The van der Waals surface area contributed by atoms with Crippen molar-refractivity contribution in [3.8, 4) is 0 Å². The highest BCUT2D eigenvalue weighted by molar-refractivity contribution is 7.54. The van der Waals surface area contributed by atoms with Crippen LogP contribution >= 0.6 is 7.60 Å². The van der Waals surface area contributed by atoms with Crippen LogP contribution in [0.3, 0.4) is 0 Å². The predicted molar refractivity (Wildman–Crippen MR) is 104 cm³/mol. The number of esters is 1. The Hall–Kier alpha value is -0.710. The maximum absolute atomic E-state index is 12.2. The Morgan fingerprint density at radius 2 is 1.27 bits per heavy atom.